The van der Waals surface area contributed by atoms with E-state index < -0.39 is 17.6 Å². The zero-order valence-electron chi connectivity index (χ0n) is 13.9. The molecule has 3 rings (SSSR count). The second-order valence-electron chi connectivity index (χ2n) is 6.10. The molecule has 2 aromatic rings. The maximum Gasteiger partial charge on any atom is 0.567 e. The molecule has 0 radical (unpaired) electrons. The fourth-order valence-electron chi connectivity index (χ4n) is 2.52. The number of rotatable bonds is 4. The maximum atomic E-state index is 11.0. The van der Waals surface area contributed by atoms with Gasteiger partial charge in [-0.15, -0.1) is 0 Å². The van der Waals surface area contributed by atoms with E-state index in [0.29, 0.717) is 23.6 Å². The summed E-state index contributed by atoms with van der Waals surface area (Å²) >= 11 is 0. The molecule has 1 fully saturated rings. The lowest BCUT2D eigenvalue weighted by atomic mass is 9.78. The van der Waals surface area contributed by atoms with Crippen LogP contribution in [-0.4, -0.2) is 27.4 Å². The van der Waals surface area contributed by atoms with Crippen molar-refractivity contribution in [1.82, 2.24) is 9.78 Å². The largest absolute Gasteiger partial charge is 0.567 e. The molecule has 0 spiro atoms. The Balaban J connectivity index is 2.06. The number of nitrogens with zero attached hydrogens (tertiary/aromatic N) is 3. The molecule has 0 amide bonds. The molecule has 8 heteroatoms. The number of benzene rings is 1. The third kappa shape index (κ3) is 2.80. The van der Waals surface area contributed by atoms with Gasteiger partial charge in [0.1, 0.15) is 5.60 Å². The Morgan fingerprint density at radius 2 is 2.21 bits per heavy atom. The lowest BCUT2D eigenvalue weighted by Gasteiger charge is -2.15. The lowest BCUT2D eigenvalue weighted by Crippen LogP contribution is -2.35. The number of aromatic nitrogens is 2. The molecule has 0 N–H and O–H groups in total. The van der Waals surface area contributed by atoms with Crippen LogP contribution in [0.3, 0.4) is 0 Å². The van der Waals surface area contributed by atoms with E-state index in [4.69, 9.17) is 9.31 Å². The van der Waals surface area contributed by atoms with E-state index in [1.165, 1.54) is 12.1 Å². The van der Waals surface area contributed by atoms with Crippen LogP contribution in [0.1, 0.15) is 20.8 Å². The van der Waals surface area contributed by atoms with Crippen molar-refractivity contribution in [2.45, 2.75) is 32.9 Å². The van der Waals surface area contributed by atoms with Gasteiger partial charge in [-0.3, -0.25) is 14.8 Å². The van der Waals surface area contributed by atoms with Gasteiger partial charge < -0.3 is 9.31 Å². The van der Waals surface area contributed by atoms with Crippen molar-refractivity contribution < 1.29 is 14.2 Å². The summed E-state index contributed by atoms with van der Waals surface area (Å²) in [6, 6.07) is 6.38. The average Bonchev–Trinajstić information content (AvgIpc) is 3.09. The lowest BCUT2D eigenvalue weighted by molar-refractivity contribution is -0.384. The summed E-state index contributed by atoms with van der Waals surface area (Å²) in [5.41, 5.74) is 1.40. The molecule has 1 saturated heterocycles. The number of hydrogen-bond donors (Lipinski definition) is 0. The summed E-state index contributed by atoms with van der Waals surface area (Å²) < 4.78 is 13.4. The minimum absolute atomic E-state index is 0.0162. The van der Waals surface area contributed by atoms with E-state index in [1.54, 1.807) is 16.8 Å². The number of nitro groups is 1. The molecular weight excluding hydrogens is 309 g/mol. The Morgan fingerprint density at radius 1 is 1.46 bits per heavy atom. The van der Waals surface area contributed by atoms with Gasteiger partial charge in [-0.05, 0) is 20.8 Å². The molecule has 0 atom stereocenters. The molecule has 7 nitrogen and oxygen atoms in total. The summed E-state index contributed by atoms with van der Waals surface area (Å²) in [4.78, 5) is 10.6. The second kappa shape index (κ2) is 5.79. The Bertz CT molecular complexity index is 815. The number of non-ortho nitro benzene ring substituents is 1. The zero-order valence-corrected chi connectivity index (χ0v) is 13.9. The topological polar surface area (TPSA) is 79.4 Å². The van der Waals surface area contributed by atoms with Crippen LogP contribution in [0.15, 0.2) is 42.8 Å². The first-order chi connectivity index (χ1) is 11.3. The summed E-state index contributed by atoms with van der Waals surface area (Å²) in [6.45, 7) is 10.3. The van der Waals surface area contributed by atoms with Gasteiger partial charge in [0.05, 0.1) is 16.4 Å². The van der Waals surface area contributed by atoms with Gasteiger partial charge in [0.15, 0.2) is 0 Å². The summed E-state index contributed by atoms with van der Waals surface area (Å²) in [5, 5.41) is 15.6. The molecule has 0 unspecified atom stereocenters. The van der Waals surface area contributed by atoms with Crippen molar-refractivity contribution >= 4 is 18.3 Å². The highest BCUT2D eigenvalue weighted by Crippen LogP contribution is 2.31. The molecule has 1 aliphatic rings. The van der Waals surface area contributed by atoms with Crippen molar-refractivity contribution in [3.63, 3.8) is 0 Å². The summed E-state index contributed by atoms with van der Waals surface area (Å²) in [6.07, 6.45) is 1.84. The number of hydrogen-bond acceptors (Lipinski definition) is 5. The van der Waals surface area contributed by atoms with Crippen LogP contribution >= 0.6 is 0 Å². The van der Waals surface area contributed by atoms with Crippen LogP contribution in [0.2, 0.25) is 0 Å². The monoisotopic (exact) mass is 327 g/mol. The third-order valence-electron chi connectivity index (χ3n) is 4.02. The predicted molar refractivity (Wildman–Crippen MR) is 90.8 cm³/mol. The Labute approximate surface area is 140 Å². The Kier molecular flexibility index (Phi) is 3.92. The van der Waals surface area contributed by atoms with E-state index in [0.717, 1.165) is 5.46 Å². The molecule has 1 aromatic heterocycles. The highest BCUT2D eigenvalue weighted by atomic mass is 16.7. The van der Waals surface area contributed by atoms with E-state index in [-0.39, 0.29) is 5.69 Å². The minimum atomic E-state index is -0.637. The van der Waals surface area contributed by atoms with Crippen molar-refractivity contribution in [3.05, 3.63) is 52.9 Å². The van der Waals surface area contributed by atoms with Gasteiger partial charge in [0, 0.05) is 35.9 Å². The molecule has 0 saturated carbocycles. The number of nitro benzene ring substituents is 1. The first-order valence-electron chi connectivity index (χ1n) is 7.68. The third-order valence-corrected chi connectivity index (χ3v) is 4.02. The highest BCUT2D eigenvalue weighted by molar-refractivity contribution is 6.64. The maximum absolute atomic E-state index is 11.0. The molecule has 124 valence electrons. The van der Waals surface area contributed by atoms with Crippen LogP contribution in [0, 0.1) is 10.1 Å². The zero-order chi connectivity index (χ0) is 17.5. The van der Waals surface area contributed by atoms with E-state index in [9.17, 15) is 10.1 Å². The van der Waals surface area contributed by atoms with Crippen LogP contribution in [0.4, 0.5) is 5.69 Å². The number of aryl methyl sites for hydroxylation is 1. The Morgan fingerprint density at radius 3 is 2.79 bits per heavy atom. The van der Waals surface area contributed by atoms with Gasteiger partial charge in [-0.25, -0.2) is 0 Å². The van der Waals surface area contributed by atoms with Gasteiger partial charge in [-0.1, -0.05) is 18.7 Å². The standard InChI is InChI=1S/C16H18BN3O4/c1-5-19-10-14(17-23-11(2)16(3,4)24-17)15(18-19)12-7-6-8-13(9-12)20(21)22/h6-10H,2,5H2,1,3-4H3. The van der Waals surface area contributed by atoms with Gasteiger partial charge in [0.25, 0.3) is 5.69 Å². The first kappa shape index (κ1) is 16.3. The molecule has 2 heterocycles. The molecule has 0 bridgehead atoms. The highest BCUT2D eigenvalue weighted by Gasteiger charge is 2.45. The predicted octanol–water partition coefficient (Wildman–Crippen LogP) is 2.51. The van der Waals surface area contributed by atoms with Crippen molar-refractivity contribution in [1.29, 1.82) is 0 Å². The Hall–Kier alpha value is -2.61. The molecular formula is C16H18BN3O4. The smallest absolute Gasteiger partial charge is 0.534 e. The van der Waals surface area contributed by atoms with Gasteiger partial charge in [-0.2, -0.15) is 5.10 Å². The average molecular weight is 327 g/mol. The van der Waals surface area contributed by atoms with E-state index in [1.807, 2.05) is 27.0 Å². The van der Waals surface area contributed by atoms with Crippen LogP contribution in [0.25, 0.3) is 11.3 Å². The van der Waals surface area contributed by atoms with Crippen molar-refractivity contribution in [2.24, 2.45) is 0 Å². The van der Waals surface area contributed by atoms with Crippen LogP contribution in [-0.2, 0) is 15.9 Å². The molecule has 1 aromatic carbocycles. The molecule has 1 aliphatic heterocycles. The minimum Gasteiger partial charge on any atom is -0.534 e. The summed E-state index contributed by atoms with van der Waals surface area (Å²) in [7, 11) is -0.637. The first-order valence-corrected chi connectivity index (χ1v) is 7.68. The molecule has 0 aliphatic carbocycles. The van der Waals surface area contributed by atoms with Gasteiger partial charge in [0.2, 0.25) is 0 Å². The fourth-order valence-corrected chi connectivity index (χ4v) is 2.52. The SMILES string of the molecule is C=C1OB(c2cn(CC)nc2-c2cccc([N+](=O)[O-])c2)OC1(C)C. The van der Waals surface area contributed by atoms with Crippen LogP contribution < -0.4 is 5.46 Å². The summed E-state index contributed by atoms with van der Waals surface area (Å²) in [5.74, 6) is 0.543. The fraction of sp³-hybridized carbons (Fsp3) is 0.312. The normalized spacial score (nSPS) is 16.3. The van der Waals surface area contributed by atoms with E-state index in [2.05, 4.69) is 11.7 Å². The van der Waals surface area contributed by atoms with Crippen molar-refractivity contribution in [3.8, 4) is 11.3 Å². The second-order valence-corrected chi connectivity index (χ2v) is 6.10. The van der Waals surface area contributed by atoms with Crippen LogP contribution in [0.5, 0.6) is 0 Å². The quantitative estimate of drug-likeness (QED) is 0.490. The molecule has 24 heavy (non-hydrogen) atoms. The van der Waals surface area contributed by atoms with Crippen molar-refractivity contribution in [2.75, 3.05) is 0 Å². The van der Waals surface area contributed by atoms with E-state index >= 15 is 0 Å². The van der Waals surface area contributed by atoms with Gasteiger partial charge >= 0.3 is 7.12 Å².